The highest BCUT2D eigenvalue weighted by molar-refractivity contribution is 6.31. The van der Waals surface area contributed by atoms with Crippen LogP contribution in [-0.2, 0) is 11.0 Å². The molecule has 1 atom stereocenters. The Morgan fingerprint density at radius 3 is 2.65 bits per heavy atom. The first-order valence-electron chi connectivity index (χ1n) is 5.77. The maximum absolute atomic E-state index is 12.6. The van der Waals surface area contributed by atoms with Crippen molar-refractivity contribution in [1.29, 1.82) is 0 Å². The van der Waals surface area contributed by atoms with E-state index < -0.39 is 17.8 Å². The van der Waals surface area contributed by atoms with E-state index in [0.717, 1.165) is 12.1 Å². The normalized spacial score (nSPS) is 12.7. The number of carbonyl (C=O) groups is 1. The lowest BCUT2D eigenvalue weighted by molar-refractivity contribution is -0.137. The fourth-order valence-corrected chi connectivity index (χ4v) is 1.71. The van der Waals surface area contributed by atoms with Crippen LogP contribution >= 0.6 is 11.6 Å². The Morgan fingerprint density at radius 2 is 2.10 bits per heavy atom. The van der Waals surface area contributed by atoms with Crippen LogP contribution in [0.1, 0.15) is 12.5 Å². The van der Waals surface area contributed by atoms with Crippen molar-refractivity contribution in [2.75, 3.05) is 11.9 Å². The molecule has 110 valence electrons. The molecule has 0 saturated heterocycles. The Balaban J connectivity index is 2.84. The number of carbonyl (C=O) groups excluding carboxylic acids is 1. The molecule has 1 aromatic rings. The van der Waals surface area contributed by atoms with Crippen LogP contribution in [-0.4, -0.2) is 18.5 Å². The summed E-state index contributed by atoms with van der Waals surface area (Å²) in [4.78, 5) is 11.6. The predicted molar refractivity (Wildman–Crippen MR) is 72.7 cm³/mol. The Kier molecular flexibility index (Phi) is 5.44. The molecular weight excluding hydrogens is 293 g/mol. The smallest absolute Gasteiger partial charge is 0.374 e. The van der Waals surface area contributed by atoms with Gasteiger partial charge in [-0.3, -0.25) is 4.79 Å². The first-order valence-corrected chi connectivity index (χ1v) is 6.14. The maximum Gasteiger partial charge on any atom is 0.416 e. The lowest BCUT2D eigenvalue weighted by Crippen LogP contribution is -2.37. The SMILES string of the molecule is C=CCNC(=O)C(C)Nc1cc(Cl)cc(C(F)(F)F)c1. The number of hydrogen-bond acceptors (Lipinski definition) is 2. The van der Waals surface area contributed by atoms with Gasteiger partial charge in [-0.2, -0.15) is 13.2 Å². The van der Waals surface area contributed by atoms with E-state index >= 15 is 0 Å². The van der Waals surface area contributed by atoms with E-state index in [0.29, 0.717) is 0 Å². The van der Waals surface area contributed by atoms with Gasteiger partial charge in [0.2, 0.25) is 5.91 Å². The van der Waals surface area contributed by atoms with Crippen molar-refractivity contribution >= 4 is 23.2 Å². The first-order chi connectivity index (χ1) is 9.24. The van der Waals surface area contributed by atoms with E-state index in [1.54, 1.807) is 0 Å². The van der Waals surface area contributed by atoms with E-state index in [1.165, 1.54) is 19.1 Å². The Morgan fingerprint density at radius 1 is 1.45 bits per heavy atom. The summed E-state index contributed by atoms with van der Waals surface area (Å²) in [6.07, 6.45) is -2.98. The van der Waals surface area contributed by atoms with Crippen LogP contribution in [0.4, 0.5) is 18.9 Å². The van der Waals surface area contributed by atoms with Gasteiger partial charge in [0.15, 0.2) is 0 Å². The molecule has 0 saturated carbocycles. The molecule has 0 heterocycles. The standard InChI is InChI=1S/C13H14ClF3N2O/c1-3-4-18-12(20)8(2)19-11-6-9(13(15,16)17)5-10(14)7-11/h3,5-8,19H,1,4H2,2H3,(H,18,20). The molecule has 0 aliphatic carbocycles. The van der Waals surface area contributed by atoms with Crippen LogP contribution in [0.2, 0.25) is 5.02 Å². The fraction of sp³-hybridized carbons (Fsp3) is 0.308. The number of halogens is 4. The van der Waals surface area contributed by atoms with Gasteiger partial charge < -0.3 is 10.6 Å². The fourth-order valence-electron chi connectivity index (χ4n) is 1.48. The lowest BCUT2D eigenvalue weighted by atomic mass is 10.1. The van der Waals surface area contributed by atoms with E-state index in [4.69, 9.17) is 11.6 Å². The van der Waals surface area contributed by atoms with Gasteiger partial charge in [0.05, 0.1) is 5.56 Å². The van der Waals surface area contributed by atoms with Crippen LogP contribution in [0.5, 0.6) is 0 Å². The summed E-state index contributed by atoms with van der Waals surface area (Å²) in [7, 11) is 0. The highest BCUT2D eigenvalue weighted by atomic mass is 35.5. The summed E-state index contributed by atoms with van der Waals surface area (Å²) in [5.41, 5.74) is -0.739. The third-order valence-electron chi connectivity index (χ3n) is 2.42. The molecule has 0 spiro atoms. The summed E-state index contributed by atoms with van der Waals surface area (Å²) in [6.45, 7) is 5.27. The summed E-state index contributed by atoms with van der Waals surface area (Å²) in [5.74, 6) is -0.349. The second-order valence-corrected chi connectivity index (χ2v) is 4.56. The number of amides is 1. The first kappa shape index (κ1) is 16.4. The number of anilines is 1. The van der Waals surface area contributed by atoms with E-state index in [2.05, 4.69) is 17.2 Å². The maximum atomic E-state index is 12.6. The molecule has 2 N–H and O–H groups in total. The number of alkyl halides is 3. The Labute approximate surface area is 119 Å². The molecule has 0 fully saturated rings. The van der Waals surface area contributed by atoms with Crippen LogP contribution in [0.15, 0.2) is 30.9 Å². The molecule has 1 rings (SSSR count). The van der Waals surface area contributed by atoms with Gasteiger partial charge in [0.1, 0.15) is 6.04 Å². The van der Waals surface area contributed by atoms with E-state index in [9.17, 15) is 18.0 Å². The molecule has 0 radical (unpaired) electrons. The molecule has 3 nitrogen and oxygen atoms in total. The average molecular weight is 307 g/mol. The minimum absolute atomic E-state index is 0.0546. The number of benzene rings is 1. The van der Waals surface area contributed by atoms with Gasteiger partial charge in [0.25, 0.3) is 0 Å². The van der Waals surface area contributed by atoms with Gasteiger partial charge in [-0.15, -0.1) is 6.58 Å². The van der Waals surface area contributed by atoms with Crippen molar-refractivity contribution in [2.24, 2.45) is 0 Å². The zero-order valence-corrected chi connectivity index (χ0v) is 11.5. The molecule has 0 bridgehead atoms. The molecule has 20 heavy (non-hydrogen) atoms. The van der Waals surface area contributed by atoms with Crippen LogP contribution in [0.3, 0.4) is 0 Å². The van der Waals surface area contributed by atoms with Crippen LogP contribution in [0.25, 0.3) is 0 Å². The predicted octanol–water partition coefficient (Wildman–Crippen LogP) is 3.46. The zero-order chi connectivity index (χ0) is 15.3. The lowest BCUT2D eigenvalue weighted by Gasteiger charge is -2.16. The Bertz CT molecular complexity index is 503. The number of hydrogen-bond donors (Lipinski definition) is 2. The van der Waals surface area contributed by atoms with Crippen molar-refractivity contribution in [1.82, 2.24) is 5.32 Å². The van der Waals surface area contributed by atoms with Crippen LogP contribution in [0, 0.1) is 0 Å². The number of rotatable bonds is 5. The zero-order valence-electron chi connectivity index (χ0n) is 10.7. The largest absolute Gasteiger partial charge is 0.416 e. The van der Waals surface area contributed by atoms with Gasteiger partial charge >= 0.3 is 6.18 Å². The van der Waals surface area contributed by atoms with Crippen molar-refractivity contribution in [3.8, 4) is 0 Å². The van der Waals surface area contributed by atoms with Gasteiger partial charge in [-0.1, -0.05) is 17.7 Å². The molecular formula is C13H14ClF3N2O. The van der Waals surface area contributed by atoms with Crippen molar-refractivity contribution in [2.45, 2.75) is 19.1 Å². The highest BCUT2D eigenvalue weighted by Gasteiger charge is 2.31. The van der Waals surface area contributed by atoms with Crippen LogP contribution < -0.4 is 10.6 Å². The molecule has 1 aromatic carbocycles. The molecule has 1 amide bonds. The van der Waals surface area contributed by atoms with Gasteiger partial charge in [-0.05, 0) is 25.1 Å². The Hall–Kier alpha value is -1.69. The second kappa shape index (κ2) is 6.65. The third kappa shape index (κ3) is 4.77. The topological polar surface area (TPSA) is 41.1 Å². The summed E-state index contributed by atoms with van der Waals surface area (Å²) in [6, 6.07) is 2.36. The molecule has 1 unspecified atom stereocenters. The monoisotopic (exact) mass is 306 g/mol. The number of nitrogens with one attached hydrogen (secondary N) is 2. The highest BCUT2D eigenvalue weighted by Crippen LogP contribution is 2.33. The van der Waals surface area contributed by atoms with Crippen molar-refractivity contribution in [3.05, 3.63) is 41.4 Å². The summed E-state index contributed by atoms with van der Waals surface area (Å²) >= 11 is 5.65. The quantitative estimate of drug-likeness (QED) is 0.818. The summed E-state index contributed by atoms with van der Waals surface area (Å²) in [5, 5.41) is 5.16. The van der Waals surface area contributed by atoms with E-state index in [1.807, 2.05) is 0 Å². The molecule has 0 aliphatic heterocycles. The molecule has 0 aliphatic rings. The molecule has 7 heteroatoms. The van der Waals surface area contributed by atoms with Crippen molar-refractivity contribution in [3.63, 3.8) is 0 Å². The summed E-state index contributed by atoms with van der Waals surface area (Å²) < 4.78 is 37.9. The minimum atomic E-state index is -4.49. The minimum Gasteiger partial charge on any atom is -0.374 e. The van der Waals surface area contributed by atoms with E-state index in [-0.39, 0.29) is 23.2 Å². The van der Waals surface area contributed by atoms with Crippen molar-refractivity contribution < 1.29 is 18.0 Å². The third-order valence-corrected chi connectivity index (χ3v) is 2.64. The second-order valence-electron chi connectivity index (χ2n) is 4.13. The average Bonchev–Trinajstić information content (AvgIpc) is 2.34. The van der Waals surface area contributed by atoms with Gasteiger partial charge in [-0.25, -0.2) is 0 Å². The molecule has 0 aromatic heterocycles. The van der Waals surface area contributed by atoms with Gasteiger partial charge in [0, 0.05) is 17.3 Å².